The van der Waals surface area contributed by atoms with Gasteiger partial charge >= 0.3 is 5.97 Å². The molecule has 0 aliphatic heterocycles. The predicted molar refractivity (Wildman–Crippen MR) is 68.1 cm³/mol. The van der Waals surface area contributed by atoms with Crippen LogP contribution in [-0.2, 0) is 4.74 Å². The van der Waals surface area contributed by atoms with E-state index < -0.39 is 17.6 Å². The molecule has 0 saturated heterocycles. The lowest BCUT2D eigenvalue weighted by Gasteiger charge is -2.13. The average Bonchev–Trinajstić information content (AvgIpc) is 2.90. The maximum Gasteiger partial charge on any atom is 0.340 e. The van der Waals surface area contributed by atoms with E-state index in [-0.39, 0.29) is 11.3 Å². The summed E-state index contributed by atoms with van der Waals surface area (Å²) >= 11 is 0. The van der Waals surface area contributed by atoms with Gasteiger partial charge in [-0.2, -0.15) is 0 Å². The van der Waals surface area contributed by atoms with E-state index >= 15 is 0 Å². The van der Waals surface area contributed by atoms with Crippen LogP contribution in [-0.4, -0.2) is 19.6 Å². The molecular formula is C14H17F2NO2. The monoisotopic (exact) mass is 269 g/mol. The van der Waals surface area contributed by atoms with Crippen LogP contribution in [0.5, 0.6) is 0 Å². The van der Waals surface area contributed by atoms with Crippen LogP contribution >= 0.6 is 0 Å². The Labute approximate surface area is 111 Å². The molecule has 0 radical (unpaired) electrons. The van der Waals surface area contributed by atoms with Crippen molar-refractivity contribution in [1.29, 1.82) is 0 Å². The van der Waals surface area contributed by atoms with Gasteiger partial charge in [-0.05, 0) is 24.8 Å². The number of carbonyl (C=O) groups is 1. The summed E-state index contributed by atoms with van der Waals surface area (Å²) in [5, 5.41) is 2.95. The first-order valence-corrected chi connectivity index (χ1v) is 6.43. The minimum Gasteiger partial charge on any atom is -0.465 e. The quantitative estimate of drug-likeness (QED) is 0.852. The Hall–Kier alpha value is -1.65. The van der Waals surface area contributed by atoms with Gasteiger partial charge in [0.1, 0.15) is 11.6 Å². The van der Waals surface area contributed by atoms with Crippen molar-refractivity contribution in [2.24, 2.45) is 5.92 Å². The highest BCUT2D eigenvalue weighted by Gasteiger charge is 2.18. The van der Waals surface area contributed by atoms with Crippen molar-refractivity contribution in [3.05, 3.63) is 29.3 Å². The van der Waals surface area contributed by atoms with E-state index in [0.717, 1.165) is 20.0 Å². The van der Waals surface area contributed by atoms with Gasteiger partial charge in [0.2, 0.25) is 0 Å². The molecule has 0 heterocycles. The number of ether oxygens (including phenoxy) is 1. The highest BCUT2D eigenvalue weighted by Crippen LogP contribution is 2.26. The normalized spacial score (nSPS) is 15.5. The van der Waals surface area contributed by atoms with E-state index in [1.54, 1.807) is 0 Å². The van der Waals surface area contributed by atoms with E-state index in [9.17, 15) is 13.6 Å². The van der Waals surface area contributed by atoms with Crippen LogP contribution in [0.1, 0.15) is 36.0 Å². The van der Waals surface area contributed by atoms with Crippen molar-refractivity contribution in [2.45, 2.75) is 25.7 Å². The summed E-state index contributed by atoms with van der Waals surface area (Å²) in [4.78, 5) is 11.3. The second-order valence-electron chi connectivity index (χ2n) is 4.83. The van der Waals surface area contributed by atoms with Crippen molar-refractivity contribution in [3.8, 4) is 0 Å². The molecule has 1 N–H and O–H groups in total. The van der Waals surface area contributed by atoms with E-state index in [4.69, 9.17) is 0 Å². The zero-order valence-electron chi connectivity index (χ0n) is 10.8. The average molecular weight is 269 g/mol. The highest BCUT2D eigenvalue weighted by molar-refractivity contribution is 5.90. The number of carbonyl (C=O) groups excluding carboxylic acids is 1. The first kappa shape index (κ1) is 13.8. The summed E-state index contributed by atoms with van der Waals surface area (Å²) in [6.07, 6.45) is 4.65. The Morgan fingerprint density at radius 3 is 2.63 bits per heavy atom. The van der Waals surface area contributed by atoms with Crippen LogP contribution in [0.3, 0.4) is 0 Å². The smallest absolute Gasteiger partial charge is 0.340 e. The van der Waals surface area contributed by atoms with Gasteiger partial charge < -0.3 is 10.1 Å². The second kappa shape index (κ2) is 5.99. The number of hydrogen-bond acceptors (Lipinski definition) is 3. The SMILES string of the molecule is COC(=O)c1cc(NCC2CCCC2)c(F)cc1F. The highest BCUT2D eigenvalue weighted by atomic mass is 19.1. The van der Waals surface area contributed by atoms with Gasteiger partial charge in [0.25, 0.3) is 0 Å². The van der Waals surface area contributed by atoms with Gasteiger partial charge in [-0.3, -0.25) is 0 Å². The molecule has 0 aromatic heterocycles. The van der Waals surface area contributed by atoms with Crippen molar-refractivity contribution in [1.82, 2.24) is 0 Å². The topological polar surface area (TPSA) is 38.3 Å². The lowest BCUT2D eigenvalue weighted by Crippen LogP contribution is -2.13. The minimum absolute atomic E-state index is 0.147. The molecule has 1 aliphatic rings. The number of nitrogens with one attached hydrogen (secondary N) is 1. The van der Waals surface area contributed by atoms with Gasteiger partial charge in [-0.15, -0.1) is 0 Å². The van der Waals surface area contributed by atoms with E-state index in [1.807, 2.05) is 0 Å². The minimum atomic E-state index is -0.907. The summed E-state index contributed by atoms with van der Waals surface area (Å²) in [6.45, 7) is 0.642. The summed E-state index contributed by atoms with van der Waals surface area (Å²) in [6, 6.07) is 1.88. The summed E-state index contributed by atoms with van der Waals surface area (Å²) < 4.78 is 31.5. The fourth-order valence-corrected chi connectivity index (χ4v) is 2.42. The van der Waals surface area contributed by atoms with E-state index in [1.165, 1.54) is 18.9 Å². The Balaban J connectivity index is 2.12. The second-order valence-corrected chi connectivity index (χ2v) is 4.83. The molecule has 2 rings (SSSR count). The largest absolute Gasteiger partial charge is 0.465 e. The molecule has 19 heavy (non-hydrogen) atoms. The molecule has 0 atom stereocenters. The zero-order valence-corrected chi connectivity index (χ0v) is 10.8. The standard InChI is InChI=1S/C14H17F2NO2/c1-19-14(18)10-6-13(12(16)7-11(10)15)17-8-9-4-2-3-5-9/h6-7,9,17H,2-5,8H2,1H3. The lowest BCUT2D eigenvalue weighted by atomic mass is 10.1. The fourth-order valence-electron chi connectivity index (χ4n) is 2.42. The molecule has 104 valence electrons. The molecule has 1 fully saturated rings. The third kappa shape index (κ3) is 3.22. The van der Waals surface area contributed by atoms with Crippen molar-refractivity contribution < 1.29 is 18.3 Å². The number of hydrogen-bond donors (Lipinski definition) is 1. The maximum absolute atomic E-state index is 13.6. The van der Waals surface area contributed by atoms with Crippen molar-refractivity contribution in [3.63, 3.8) is 0 Å². The number of halogens is 2. The summed E-state index contributed by atoms with van der Waals surface area (Å²) in [5.74, 6) is -1.88. The molecular weight excluding hydrogens is 252 g/mol. The number of esters is 1. The van der Waals surface area contributed by atoms with Crippen molar-refractivity contribution in [2.75, 3.05) is 19.0 Å². The molecule has 0 unspecified atom stereocenters. The third-order valence-electron chi connectivity index (χ3n) is 3.52. The van der Waals surface area contributed by atoms with Crippen LogP contribution in [0.15, 0.2) is 12.1 Å². The predicted octanol–water partition coefficient (Wildman–Crippen LogP) is 3.35. The molecule has 1 saturated carbocycles. The van der Waals surface area contributed by atoms with Crippen LogP contribution in [0, 0.1) is 17.6 Å². The van der Waals surface area contributed by atoms with E-state index in [2.05, 4.69) is 10.1 Å². The van der Waals surface area contributed by atoms with Gasteiger partial charge in [0.05, 0.1) is 18.4 Å². The van der Waals surface area contributed by atoms with Gasteiger partial charge in [0.15, 0.2) is 0 Å². The van der Waals surface area contributed by atoms with Gasteiger partial charge in [-0.25, -0.2) is 13.6 Å². The Kier molecular flexibility index (Phi) is 4.35. The molecule has 0 amide bonds. The molecule has 1 aromatic rings. The number of rotatable bonds is 4. The number of anilines is 1. The number of methoxy groups -OCH3 is 1. The van der Waals surface area contributed by atoms with Crippen LogP contribution in [0.2, 0.25) is 0 Å². The van der Waals surface area contributed by atoms with Crippen molar-refractivity contribution >= 4 is 11.7 Å². The zero-order chi connectivity index (χ0) is 13.8. The van der Waals surface area contributed by atoms with E-state index in [0.29, 0.717) is 18.5 Å². The number of benzene rings is 1. The Morgan fingerprint density at radius 1 is 1.32 bits per heavy atom. The van der Waals surface area contributed by atoms with Crippen LogP contribution in [0.25, 0.3) is 0 Å². The Morgan fingerprint density at radius 2 is 2.00 bits per heavy atom. The Bertz CT molecular complexity index is 471. The van der Waals surface area contributed by atoms with Gasteiger partial charge in [-0.1, -0.05) is 12.8 Å². The first-order chi connectivity index (χ1) is 9.11. The van der Waals surface area contributed by atoms with Crippen LogP contribution < -0.4 is 5.32 Å². The van der Waals surface area contributed by atoms with Crippen LogP contribution in [0.4, 0.5) is 14.5 Å². The molecule has 3 nitrogen and oxygen atoms in total. The lowest BCUT2D eigenvalue weighted by molar-refractivity contribution is 0.0595. The fraction of sp³-hybridized carbons (Fsp3) is 0.500. The molecule has 0 spiro atoms. The first-order valence-electron chi connectivity index (χ1n) is 6.43. The molecule has 0 bridgehead atoms. The third-order valence-corrected chi connectivity index (χ3v) is 3.52. The molecule has 1 aromatic carbocycles. The summed E-state index contributed by atoms with van der Waals surface area (Å²) in [7, 11) is 1.16. The summed E-state index contributed by atoms with van der Waals surface area (Å²) in [5.41, 5.74) is -0.105. The maximum atomic E-state index is 13.6. The van der Waals surface area contributed by atoms with Gasteiger partial charge in [0, 0.05) is 12.6 Å². The molecule has 5 heteroatoms. The molecule has 1 aliphatic carbocycles.